The SMILES string of the molecule is CCC.CCCC(CC1CC(=O)c2c(C)c(CCC(=O)C3(C)CC3)cc(C(C)C)c2C1)C(CC)C(=O)CC(C)=O. The molecule has 40 heavy (non-hydrogen) atoms. The molecular weight excluding hydrogens is 496 g/mol. The highest BCUT2D eigenvalue weighted by Crippen LogP contribution is 2.47. The van der Waals surface area contributed by atoms with Gasteiger partial charge in [-0.1, -0.05) is 73.8 Å². The normalized spacial score (nSPS) is 18.9. The van der Waals surface area contributed by atoms with Gasteiger partial charge in [0, 0.05) is 29.7 Å². The molecule has 4 nitrogen and oxygen atoms in total. The zero-order valence-electron chi connectivity index (χ0n) is 27.0. The van der Waals surface area contributed by atoms with Gasteiger partial charge in [0.15, 0.2) is 5.78 Å². The number of rotatable bonds is 14. The first-order chi connectivity index (χ1) is 18.8. The summed E-state index contributed by atoms with van der Waals surface area (Å²) >= 11 is 0. The number of fused-ring (bicyclic) bond motifs is 1. The predicted molar refractivity (Wildman–Crippen MR) is 165 cm³/mol. The smallest absolute Gasteiger partial charge is 0.163 e. The van der Waals surface area contributed by atoms with E-state index in [0.29, 0.717) is 31.0 Å². The Hall–Kier alpha value is -2.10. The molecule has 1 aromatic carbocycles. The highest BCUT2D eigenvalue weighted by molar-refractivity contribution is 6.01. The Morgan fingerprint density at radius 3 is 2.17 bits per heavy atom. The second kappa shape index (κ2) is 15.2. The van der Waals surface area contributed by atoms with Crippen LogP contribution in [0.15, 0.2) is 6.07 Å². The first-order valence-electron chi connectivity index (χ1n) is 16.1. The van der Waals surface area contributed by atoms with Gasteiger partial charge in [0.25, 0.3) is 0 Å². The third-order valence-electron chi connectivity index (χ3n) is 9.14. The van der Waals surface area contributed by atoms with Gasteiger partial charge < -0.3 is 0 Å². The van der Waals surface area contributed by atoms with Gasteiger partial charge in [-0.25, -0.2) is 0 Å². The summed E-state index contributed by atoms with van der Waals surface area (Å²) in [5.41, 5.74) is 5.43. The molecular formula is C36H56O4. The summed E-state index contributed by atoms with van der Waals surface area (Å²) in [7, 11) is 0. The lowest BCUT2D eigenvalue weighted by atomic mass is 9.70. The fraction of sp³-hybridized carbons (Fsp3) is 0.722. The highest BCUT2D eigenvalue weighted by atomic mass is 16.1. The fourth-order valence-corrected chi connectivity index (χ4v) is 6.68. The van der Waals surface area contributed by atoms with Gasteiger partial charge in [-0.15, -0.1) is 0 Å². The van der Waals surface area contributed by atoms with Crippen molar-refractivity contribution in [3.05, 3.63) is 33.9 Å². The van der Waals surface area contributed by atoms with Crippen molar-refractivity contribution in [2.45, 2.75) is 145 Å². The Morgan fingerprint density at radius 1 is 1.05 bits per heavy atom. The van der Waals surface area contributed by atoms with Crippen molar-refractivity contribution >= 4 is 23.1 Å². The molecule has 2 aliphatic rings. The predicted octanol–water partition coefficient (Wildman–Crippen LogP) is 8.96. The molecule has 4 heteroatoms. The maximum atomic E-state index is 13.6. The first-order valence-corrected chi connectivity index (χ1v) is 16.1. The van der Waals surface area contributed by atoms with Crippen LogP contribution < -0.4 is 0 Å². The number of Topliss-reactive ketones (excluding diaryl/α,β-unsaturated/α-hetero) is 4. The van der Waals surface area contributed by atoms with Crippen LogP contribution in [0.3, 0.4) is 0 Å². The van der Waals surface area contributed by atoms with Crippen LogP contribution >= 0.6 is 0 Å². The van der Waals surface area contributed by atoms with Crippen molar-refractivity contribution in [3.63, 3.8) is 0 Å². The van der Waals surface area contributed by atoms with Gasteiger partial charge in [0.1, 0.15) is 17.3 Å². The highest BCUT2D eigenvalue weighted by Gasteiger charge is 2.44. The number of benzene rings is 1. The summed E-state index contributed by atoms with van der Waals surface area (Å²) in [5, 5.41) is 0. The minimum Gasteiger partial charge on any atom is -0.300 e. The van der Waals surface area contributed by atoms with Gasteiger partial charge in [0.05, 0.1) is 6.42 Å². The monoisotopic (exact) mass is 552 g/mol. The number of ketones is 4. The van der Waals surface area contributed by atoms with E-state index in [1.807, 2.05) is 6.92 Å². The lowest BCUT2D eigenvalue weighted by Crippen LogP contribution is -2.30. The Kier molecular flexibility index (Phi) is 13.0. The van der Waals surface area contributed by atoms with Gasteiger partial charge in [0.2, 0.25) is 0 Å². The maximum absolute atomic E-state index is 13.6. The lowest BCUT2D eigenvalue weighted by Gasteiger charge is -2.33. The third-order valence-corrected chi connectivity index (χ3v) is 9.14. The van der Waals surface area contributed by atoms with Crippen molar-refractivity contribution in [1.82, 2.24) is 0 Å². The summed E-state index contributed by atoms with van der Waals surface area (Å²) in [6.07, 6.45) is 9.45. The molecule has 0 aromatic heterocycles. The van der Waals surface area contributed by atoms with Crippen LogP contribution in [0.25, 0.3) is 0 Å². The minimum absolute atomic E-state index is 0.0201. The topological polar surface area (TPSA) is 68.3 Å². The molecule has 1 aromatic rings. The molecule has 0 radical (unpaired) electrons. The van der Waals surface area contributed by atoms with Crippen molar-refractivity contribution in [1.29, 1.82) is 0 Å². The molecule has 0 spiro atoms. The van der Waals surface area contributed by atoms with Crippen LogP contribution in [0.5, 0.6) is 0 Å². The Labute approximate surface area is 244 Å². The van der Waals surface area contributed by atoms with E-state index >= 15 is 0 Å². The van der Waals surface area contributed by atoms with Gasteiger partial charge in [-0.2, -0.15) is 0 Å². The van der Waals surface area contributed by atoms with E-state index in [9.17, 15) is 19.2 Å². The Morgan fingerprint density at radius 2 is 1.68 bits per heavy atom. The number of hydrogen-bond acceptors (Lipinski definition) is 4. The number of carbonyl (C=O) groups is 4. The summed E-state index contributed by atoms with van der Waals surface area (Å²) in [5.74, 6) is 1.17. The number of aryl methyl sites for hydroxylation is 1. The van der Waals surface area contributed by atoms with Crippen LogP contribution in [-0.2, 0) is 27.2 Å². The van der Waals surface area contributed by atoms with Crippen molar-refractivity contribution in [2.75, 3.05) is 0 Å². The quantitative estimate of drug-likeness (QED) is 0.216. The van der Waals surface area contributed by atoms with Crippen LogP contribution in [0.4, 0.5) is 0 Å². The molecule has 0 aliphatic heterocycles. The Bertz CT molecular complexity index is 1060. The zero-order valence-corrected chi connectivity index (χ0v) is 27.0. The van der Waals surface area contributed by atoms with E-state index in [-0.39, 0.29) is 46.9 Å². The molecule has 0 saturated heterocycles. The Balaban J connectivity index is 0.00000178. The molecule has 224 valence electrons. The lowest BCUT2D eigenvalue weighted by molar-refractivity contribution is -0.130. The standard InChI is InChI=1S/C33H48O4.C3H8/c1-8-10-25(26(9-2)29(35)15-21(5)34)16-23-17-28-27(20(3)4)19-24(22(6)32(28)30(36)18-23)11-12-31(37)33(7)13-14-33;1-3-2/h19-20,23,25-26H,8-18H2,1-7H3;3H2,1-2H3. The second-order valence-corrected chi connectivity index (χ2v) is 13.3. The molecule has 0 amide bonds. The van der Waals surface area contributed by atoms with Crippen LogP contribution in [0.2, 0.25) is 0 Å². The molecule has 3 rings (SSSR count). The number of carbonyl (C=O) groups excluding carboxylic acids is 4. The summed E-state index contributed by atoms with van der Waals surface area (Å²) < 4.78 is 0. The van der Waals surface area contributed by atoms with E-state index in [0.717, 1.165) is 61.6 Å². The average Bonchev–Trinajstić information content (AvgIpc) is 3.62. The van der Waals surface area contributed by atoms with E-state index in [1.54, 1.807) is 0 Å². The summed E-state index contributed by atoms with van der Waals surface area (Å²) in [4.78, 5) is 50.8. The fourth-order valence-electron chi connectivity index (χ4n) is 6.68. The molecule has 1 saturated carbocycles. The van der Waals surface area contributed by atoms with Crippen LogP contribution in [0.1, 0.15) is 158 Å². The maximum Gasteiger partial charge on any atom is 0.163 e. The second-order valence-electron chi connectivity index (χ2n) is 13.3. The van der Waals surface area contributed by atoms with Crippen molar-refractivity contribution in [3.8, 4) is 0 Å². The first kappa shape index (κ1) is 34.1. The largest absolute Gasteiger partial charge is 0.300 e. The molecule has 3 unspecified atom stereocenters. The minimum atomic E-state index is -0.111. The van der Waals surface area contributed by atoms with Gasteiger partial charge in [-0.3, -0.25) is 19.2 Å². The van der Waals surface area contributed by atoms with Gasteiger partial charge >= 0.3 is 0 Å². The van der Waals surface area contributed by atoms with E-state index < -0.39 is 0 Å². The third kappa shape index (κ3) is 8.70. The molecule has 3 atom stereocenters. The zero-order chi connectivity index (χ0) is 30.2. The molecule has 2 aliphatic carbocycles. The van der Waals surface area contributed by atoms with Gasteiger partial charge in [-0.05, 0) is 92.4 Å². The van der Waals surface area contributed by atoms with E-state index in [2.05, 4.69) is 54.5 Å². The van der Waals surface area contributed by atoms with E-state index in [1.165, 1.54) is 24.5 Å². The molecule has 1 fully saturated rings. The number of hydrogen-bond donors (Lipinski definition) is 0. The molecule has 0 heterocycles. The molecule has 0 N–H and O–H groups in total. The summed E-state index contributed by atoms with van der Waals surface area (Å²) in [6, 6.07) is 2.27. The van der Waals surface area contributed by atoms with Crippen molar-refractivity contribution < 1.29 is 19.2 Å². The average molecular weight is 553 g/mol. The summed E-state index contributed by atoms with van der Waals surface area (Å²) in [6.45, 7) is 18.4. The molecule has 0 bridgehead atoms. The van der Waals surface area contributed by atoms with Crippen LogP contribution in [-0.4, -0.2) is 23.1 Å². The van der Waals surface area contributed by atoms with Crippen molar-refractivity contribution in [2.24, 2.45) is 23.2 Å². The van der Waals surface area contributed by atoms with E-state index in [4.69, 9.17) is 0 Å². The van der Waals surface area contributed by atoms with Crippen LogP contribution in [0, 0.1) is 30.1 Å².